The van der Waals surface area contributed by atoms with Crippen LogP contribution in [0, 0.1) is 0 Å². The van der Waals surface area contributed by atoms with Crippen molar-refractivity contribution in [2.45, 2.75) is 32.8 Å². The Morgan fingerprint density at radius 1 is 1.56 bits per heavy atom. The van der Waals surface area contributed by atoms with Gasteiger partial charge in [-0.1, -0.05) is 13.8 Å². The summed E-state index contributed by atoms with van der Waals surface area (Å²) in [5.41, 5.74) is -0.0710. The first-order chi connectivity index (χ1) is 7.56. The lowest BCUT2D eigenvalue weighted by Crippen LogP contribution is -2.35. The number of hydrogen-bond acceptors (Lipinski definition) is 3. The molecule has 1 saturated heterocycles. The summed E-state index contributed by atoms with van der Waals surface area (Å²) >= 11 is 0. The second-order valence-electron chi connectivity index (χ2n) is 4.13. The van der Waals surface area contributed by atoms with Gasteiger partial charge in [0.2, 0.25) is 7.98 Å². The number of likely N-dealkylation sites (tertiary alicyclic amines) is 1. The van der Waals surface area contributed by atoms with Crippen LogP contribution in [0.5, 0.6) is 0 Å². The maximum Gasteiger partial charge on any atom is 0.230 e. The molecule has 1 fully saturated rings. The molecule has 0 aromatic heterocycles. The van der Waals surface area contributed by atoms with Crippen LogP contribution in [0.1, 0.15) is 27.2 Å². The van der Waals surface area contributed by atoms with Gasteiger partial charge in [-0.3, -0.25) is 4.79 Å². The molecule has 1 unspecified atom stereocenters. The van der Waals surface area contributed by atoms with Crippen LogP contribution >= 0.6 is 0 Å². The summed E-state index contributed by atoms with van der Waals surface area (Å²) in [5.74, 6) is 0. The van der Waals surface area contributed by atoms with E-state index in [0.29, 0.717) is 19.6 Å². The van der Waals surface area contributed by atoms with Crippen molar-refractivity contribution in [3.05, 3.63) is 0 Å². The SMILES string of the molecule is CC.[B]N(C=O)CCOC1(C)CCN(C)C1. The molecule has 1 aliphatic heterocycles. The lowest BCUT2D eigenvalue weighted by atomic mass is 10.1. The maximum absolute atomic E-state index is 10.2. The molecule has 0 aromatic rings. The van der Waals surface area contributed by atoms with E-state index in [1.807, 2.05) is 13.8 Å². The quantitative estimate of drug-likeness (QED) is 0.510. The van der Waals surface area contributed by atoms with Crippen molar-refractivity contribution in [2.24, 2.45) is 0 Å². The van der Waals surface area contributed by atoms with Gasteiger partial charge in [-0.05, 0) is 20.4 Å². The first-order valence-corrected chi connectivity index (χ1v) is 5.85. The van der Waals surface area contributed by atoms with Gasteiger partial charge in [0.25, 0.3) is 0 Å². The fourth-order valence-electron chi connectivity index (χ4n) is 1.72. The van der Waals surface area contributed by atoms with Crippen LogP contribution in [0.2, 0.25) is 0 Å². The van der Waals surface area contributed by atoms with Gasteiger partial charge in [0, 0.05) is 19.6 Å². The van der Waals surface area contributed by atoms with E-state index in [1.54, 1.807) is 0 Å². The summed E-state index contributed by atoms with van der Waals surface area (Å²) < 4.78 is 5.71. The third-order valence-corrected chi connectivity index (χ3v) is 2.56. The van der Waals surface area contributed by atoms with E-state index in [-0.39, 0.29) is 5.60 Å². The molecule has 5 heteroatoms. The molecule has 1 atom stereocenters. The summed E-state index contributed by atoms with van der Waals surface area (Å²) in [6.07, 6.45) is 1.64. The average molecular weight is 226 g/mol. The molecule has 1 heterocycles. The van der Waals surface area contributed by atoms with Gasteiger partial charge in [-0.2, -0.15) is 0 Å². The maximum atomic E-state index is 10.2. The zero-order chi connectivity index (χ0) is 12.6. The fourth-order valence-corrected chi connectivity index (χ4v) is 1.72. The minimum atomic E-state index is -0.0710. The Bertz CT molecular complexity index is 204. The van der Waals surface area contributed by atoms with E-state index in [1.165, 1.54) is 0 Å². The Kier molecular flexibility index (Phi) is 7.42. The molecule has 1 rings (SSSR count). The van der Waals surface area contributed by atoms with E-state index < -0.39 is 0 Å². The molecule has 0 N–H and O–H groups in total. The number of carbonyl (C=O) groups is 1. The van der Waals surface area contributed by atoms with Gasteiger partial charge in [0.15, 0.2) is 6.41 Å². The number of hydrogen-bond donors (Lipinski definition) is 0. The van der Waals surface area contributed by atoms with Gasteiger partial charge in [-0.25, -0.2) is 0 Å². The predicted molar refractivity (Wildman–Crippen MR) is 66.3 cm³/mol. The Labute approximate surface area is 100 Å². The molecule has 4 nitrogen and oxygen atoms in total. The van der Waals surface area contributed by atoms with E-state index >= 15 is 0 Å². The molecule has 1 aliphatic rings. The van der Waals surface area contributed by atoms with Crippen molar-refractivity contribution in [1.29, 1.82) is 0 Å². The van der Waals surface area contributed by atoms with E-state index in [0.717, 1.165) is 24.3 Å². The zero-order valence-corrected chi connectivity index (χ0v) is 10.9. The number of amides is 1. The molecular formula is C11H23BN2O2. The summed E-state index contributed by atoms with van der Waals surface area (Å²) in [6, 6.07) is 0. The molecule has 0 bridgehead atoms. The Hall–Kier alpha value is -0.545. The Morgan fingerprint density at radius 3 is 2.62 bits per heavy atom. The van der Waals surface area contributed by atoms with Gasteiger partial charge in [0.05, 0.1) is 12.2 Å². The van der Waals surface area contributed by atoms with Crippen molar-refractivity contribution in [1.82, 2.24) is 9.71 Å². The van der Waals surface area contributed by atoms with Crippen LogP contribution in [0.15, 0.2) is 0 Å². The average Bonchev–Trinajstić information content (AvgIpc) is 2.61. The Morgan fingerprint density at radius 2 is 2.19 bits per heavy atom. The first-order valence-electron chi connectivity index (χ1n) is 5.85. The molecule has 0 aromatic carbocycles. The highest BCUT2D eigenvalue weighted by molar-refractivity contribution is 6.10. The molecule has 0 saturated carbocycles. The van der Waals surface area contributed by atoms with Crippen LogP contribution in [0.4, 0.5) is 0 Å². The smallest absolute Gasteiger partial charge is 0.230 e. The third-order valence-electron chi connectivity index (χ3n) is 2.56. The number of rotatable bonds is 5. The molecule has 0 spiro atoms. The summed E-state index contributed by atoms with van der Waals surface area (Å²) in [6.45, 7) is 9.05. The fraction of sp³-hybridized carbons (Fsp3) is 0.909. The van der Waals surface area contributed by atoms with Crippen molar-refractivity contribution in [3.63, 3.8) is 0 Å². The van der Waals surface area contributed by atoms with Gasteiger partial charge < -0.3 is 14.4 Å². The largest absolute Gasteiger partial charge is 0.397 e. The number of likely N-dealkylation sites (N-methyl/N-ethyl adjacent to an activating group) is 1. The summed E-state index contributed by atoms with van der Waals surface area (Å²) in [7, 11) is 7.38. The van der Waals surface area contributed by atoms with Crippen molar-refractivity contribution in [3.8, 4) is 0 Å². The zero-order valence-electron chi connectivity index (χ0n) is 10.9. The molecular weight excluding hydrogens is 203 g/mol. The van der Waals surface area contributed by atoms with Gasteiger partial charge in [-0.15, -0.1) is 0 Å². The van der Waals surface area contributed by atoms with Crippen LogP contribution in [0.25, 0.3) is 0 Å². The highest BCUT2D eigenvalue weighted by atomic mass is 16.5. The molecule has 2 radical (unpaired) electrons. The molecule has 92 valence electrons. The second kappa shape index (κ2) is 7.68. The van der Waals surface area contributed by atoms with E-state index in [2.05, 4.69) is 18.9 Å². The van der Waals surface area contributed by atoms with E-state index in [4.69, 9.17) is 12.7 Å². The lowest BCUT2D eigenvalue weighted by Gasteiger charge is -2.25. The number of carbonyl (C=O) groups excluding carboxylic acids is 1. The first kappa shape index (κ1) is 15.5. The van der Waals surface area contributed by atoms with Crippen LogP contribution in [0.3, 0.4) is 0 Å². The minimum Gasteiger partial charge on any atom is -0.397 e. The summed E-state index contributed by atoms with van der Waals surface area (Å²) in [4.78, 5) is 13.5. The monoisotopic (exact) mass is 226 g/mol. The van der Waals surface area contributed by atoms with Crippen molar-refractivity contribution >= 4 is 14.4 Å². The highest BCUT2D eigenvalue weighted by Gasteiger charge is 2.32. The van der Waals surface area contributed by atoms with Crippen molar-refractivity contribution < 1.29 is 9.53 Å². The number of nitrogens with zero attached hydrogens (tertiary/aromatic N) is 2. The summed E-state index contributed by atoms with van der Waals surface area (Å²) in [5, 5.41) is 0. The number of ether oxygens (including phenoxy) is 1. The highest BCUT2D eigenvalue weighted by Crippen LogP contribution is 2.23. The Balaban J connectivity index is 0.00000106. The van der Waals surface area contributed by atoms with Crippen LogP contribution in [-0.4, -0.2) is 63.0 Å². The normalized spacial score (nSPS) is 24.8. The topological polar surface area (TPSA) is 32.8 Å². The second-order valence-corrected chi connectivity index (χ2v) is 4.13. The van der Waals surface area contributed by atoms with Crippen molar-refractivity contribution in [2.75, 3.05) is 33.3 Å². The minimum absolute atomic E-state index is 0.0710. The molecule has 0 aliphatic carbocycles. The standard InChI is InChI=1S/C9H17BN2O2.C2H6/c1-9(3-4-11(2)7-9)14-6-5-12(10)8-13;1-2/h8H,3-7H2,1-2H3;1-2H3. The van der Waals surface area contributed by atoms with Crippen LogP contribution < -0.4 is 0 Å². The molecule has 1 amide bonds. The van der Waals surface area contributed by atoms with Gasteiger partial charge >= 0.3 is 0 Å². The van der Waals surface area contributed by atoms with E-state index in [9.17, 15) is 4.79 Å². The predicted octanol–water partition coefficient (Wildman–Crippen LogP) is 0.665. The molecule has 16 heavy (non-hydrogen) atoms. The van der Waals surface area contributed by atoms with Crippen LogP contribution in [-0.2, 0) is 9.53 Å². The third kappa shape index (κ3) is 5.51. The van der Waals surface area contributed by atoms with Gasteiger partial charge in [0.1, 0.15) is 0 Å². The lowest BCUT2D eigenvalue weighted by molar-refractivity contribution is -0.115.